The van der Waals surface area contributed by atoms with Gasteiger partial charge in [0.15, 0.2) is 0 Å². The van der Waals surface area contributed by atoms with Gasteiger partial charge in [-0.05, 0) is 32.2 Å². The van der Waals surface area contributed by atoms with Crippen LogP contribution in [0.4, 0.5) is 0 Å². The van der Waals surface area contributed by atoms with E-state index >= 15 is 0 Å². The number of aromatic carboxylic acids is 1. The van der Waals surface area contributed by atoms with Gasteiger partial charge >= 0.3 is 5.97 Å². The lowest BCUT2D eigenvalue weighted by Gasteiger charge is -2.14. The van der Waals surface area contributed by atoms with E-state index in [9.17, 15) is 4.79 Å². The van der Waals surface area contributed by atoms with E-state index in [4.69, 9.17) is 13.9 Å². The molecule has 0 bridgehead atoms. The number of aryl methyl sites for hydroxylation is 1. The normalized spacial score (nSPS) is 11.1. The van der Waals surface area contributed by atoms with Crippen LogP contribution in [0.1, 0.15) is 27.6 Å². The zero-order chi connectivity index (χ0) is 13.1. The van der Waals surface area contributed by atoms with Crippen molar-refractivity contribution in [1.82, 2.24) is 4.90 Å². The summed E-state index contributed by atoms with van der Waals surface area (Å²) in [5, 5.41) is 8.76. The van der Waals surface area contributed by atoms with E-state index in [1.54, 1.807) is 12.3 Å². The van der Waals surface area contributed by atoms with Gasteiger partial charge in [0.25, 0.3) is 0 Å². The molecule has 2 rings (SSSR count). The van der Waals surface area contributed by atoms with Gasteiger partial charge < -0.3 is 13.9 Å². The Morgan fingerprint density at radius 1 is 1.33 bits per heavy atom. The smallest absolute Gasteiger partial charge is 0.371 e. The highest BCUT2D eigenvalue weighted by atomic mass is 16.4. The Morgan fingerprint density at radius 3 is 2.67 bits per heavy atom. The van der Waals surface area contributed by atoms with Gasteiger partial charge in [-0.15, -0.1) is 0 Å². The van der Waals surface area contributed by atoms with Crippen molar-refractivity contribution in [1.29, 1.82) is 0 Å². The van der Waals surface area contributed by atoms with Gasteiger partial charge in [0.05, 0.1) is 12.8 Å². The Labute approximate surface area is 105 Å². The van der Waals surface area contributed by atoms with E-state index in [1.165, 1.54) is 6.07 Å². The second kappa shape index (κ2) is 5.10. The van der Waals surface area contributed by atoms with Gasteiger partial charge in [-0.25, -0.2) is 4.79 Å². The molecule has 18 heavy (non-hydrogen) atoms. The van der Waals surface area contributed by atoms with Crippen LogP contribution in [0.3, 0.4) is 0 Å². The van der Waals surface area contributed by atoms with Crippen molar-refractivity contribution < 1.29 is 18.7 Å². The third-order valence-corrected chi connectivity index (χ3v) is 2.70. The standard InChI is InChI=1S/C13H15NO4/c1-9-10(5-6-17-9)7-14(2)8-11-3-4-12(18-11)13(15)16/h3-6H,7-8H2,1-2H3,(H,15,16). The lowest BCUT2D eigenvalue weighted by atomic mass is 10.2. The van der Waals surface area contributed by atoms with Crippen LogP contribution in [0.5, 0.6) is 0 Å². The second-order valence-electron chi connectivity index (χ2n) is 4.25. The first-order chi connectivity index (χ1) is 8.56. The topological polar surface area (TPSA) is 66.8 Å². The number of nitrogens with zero attached hydrogens (tertiary/aromatic N) is 1. The molecule has 96 valence electrons. The molecule has 0 radical (unpaired) electrons. The Balaban J connectivity index is 1.96. The zero-order valence-electron chi connectivity index (χ0n) is 10.3. The number of hydrogen-bond donors (Lipinski definition) is 1. The largest absolute Gasteiger partial charge is 0.475 e. The molecule has 0 amide bonds. The number of rotatable bonds is 5. The third-order valence-electron chi connectivity index (χ3n) is 2.70. The monoisotopic (exact) mass is 249 g/mol. The number of carboxylic acids is 1. The summed E-state index contributed by atoms with van der Waals surface area (Å²) in [7, 11) is 1.94. The fourth-order valence-corrected chi connectivity index (χ4v) is 1.77. The molecule has 0 saturated carbocycles. The quantitative estimate of drug-likeness (QED) is 0.881. The summed E-state index contributed by atoms with van der Waals surface area (Å²) in [6.07, 6.45) is 1.66. The third kappa shape index (κ3) is 2.81. The fraction of sp³-hybridized carbons (Fsp3) is 0.308. The zero-order valence-corrected chi connectivity index (χ0v) is 10.3. The molecule has 2 heterocycles. The van der Waals surface area contributed by atoms with Crippen molar-refractivity contribution in [2.24, 2.45) is 0 Å². The highest BCUT2D eigenvalue weighted by molar-refractivity contribution is 5.84. The molecule has 5 heteroatoms. The number of furan rings is 2. The fourth-order valence-electron chi connectivity index (χ4n) is 1.77. The van der Waals surface area contributed by atoms with Gasteiger partial charge in [-0.3, -0.25) is 4.90 Å². The summed E-state index contributed by atoms with van der Waals surface area (Å²) in [5.74, 6) is 0.455. The predicted molar refractivity (Wildman–Crippen MR) is 64.3 cm³/mol. The van der Waals surface area contributed by atoms with E-state index in [1.807, 2.05) is 24.9 Å². The summed E-state index contributed by atoms with van der Waals surface area (Å²) in [6.45, 7) is 3.20. The first kappa shape index (κ1) is 12.4. The Morgan fingerprint density at radius 2 is 2.11 bits per heavy atom. The second-order valence-corrected chi connectivity index (χ2v) is 4.25. The van der Waals surface area contributed by atoms with E-state index in [0.717, 1.165) is 17.9 Å². The lowest BCUT2D eigenvalue weighted by molar-refractivity contribution is 0.0658. The highest BCUT2D eigenvalue weighted by Gasteiger charge is 2.11. The van der Waals surface area contributed by atoms with Gasteiger partial charge in [0, 0.05) is 12.1 Å². The van der Waals surface area contributed by atoms with Crippen LogP contribution in [0.2, 0.25) is 0 Å². The molecular weight excluding hydrogens is 234 g/mol. The molecule has 5 nitrogen and oxygen atoms in total. The maximum atomic E-state index is 10.7. The van der Waals surface area contributed by atoms with Crippen LogP contribution in [0.25, 0.3) is 0 Å². The summed E-state index contributed by atoms with van der Waals surface area (Å²) >= 11 is 0. The maximum Gasteiger partial charge on any atom is 0.371 e. The molecule has 0 aliphatic heterocycles. The molecule has 0 aromatic carbocycles. The molecule has 0 fully saturated rings. The lowest BCUT2D eigenvalue weighted by Crippen LogP contribution is -2.16. The Kier molecular flexibility index (Phi) is 3.53. The van der Waals surface area contributed by atoms with Crippen molar-refractivity contribution in [3.63, 3.8) is 0 Å². The van der Waals surface area contributed by atoms with Crippen LogP contribution in [0, 0.1) is 6.92 Å². The van der Waals surface area contributed by atoms with Gasteiger partial charge in [-0.1, -0.05) is 0 Å². The minimum absolute atomic E-state index is 0.0297. The summed E-state index contributed by atoms with van der Waals surface area (Å²) < 4.78 is 10.4. The van der Waals surface area contributed by atoms with Crippen molar-refractivity contribution in [2.75, 3.05) is 7.05 Å². The average molecular weight is 249 g/mol. The summed E-state index contributed by atoms with van der Waals surface area (Å²) in [4.78, 5) is 12.7. The van der Waals surface area contributed by atoms with Crippen LogP contribution in [0.15, 0.2) is 33.3 Å². The van der Waals surface area contributed by atoms with Crippen LogP contribution < -0.4 is 0 Å². The molecule has 2 aromatic heterocycles. The van der Waals surface area contributed by atoms with Gasteiger partial charge in [0.1, 0.15) is 11.5 Å². The van der Waals surface area contributed by atoms with Gasteiger partial charge in [-0.2, -0.15) is 0 Å². The van der Waals surface area contributed by atoms with E-state index in [2.05, 4.69) is 0 Å². The Bertz CT molecular complexity index is 541. The molecule has 0 aliphatic carbocycles. The van der Waals surface area contributed by atoms with Crippen LogP contribution >= 0.6 is 0 Å². The molecule has 0 spiro atoms. The first-order valence-corrected chi connectivity index (χ1v) is 5.60. The molecule has 0 aliphatic rings. The van der Waals surface area contributed by atoms with Crippen molar-refractivity contribution in [2.45, 2.75) is 20.0 Å². The summed E-state index contributed by atoms with van der Waals surface area (Å²) in [6, 6.07) is 5.08. The molecule has 2 aromatic rings. The van der Waals surface area contributed by atoms with Crippen LogP contribution in [-0.4, -0.2) is 23.0 Å². The van der Waals surface area contributed by atoms with E-state index in [0.29, 0.717) is 12.3 Å². The van der Waals surface area contributed by atoms with Crippen molar-refractivity contribution in [3.8, 4) is 0 Å². The number of carbonyl (C=O) groups is 1. The SMILES string of the molecule is Cc1occc1CN(C)Cc1ccc(C(=O)O)o1. The predicted octanol–water partition coefficient (Wildman–Crippen LogP) is 2.51. The molecule has 0 saturated heterocycles. The van der Waals surface area contributed by atoms with Crippen molar-refractivity contribution >= 4 is 5.97 Å². The van der Waals surface area contributed by atoms with E-state index < -0.39 is 5.97 Å². The highest BCUT2D eigenvalue weighted by Crippen LogP contribution is 2.14. The summed E-state index contributed by atoms with van der Waals surface area (Å²) in [5.41, 5.74) is 1.11. The molecular formula is C13H15NO4. The average Bonchev–Trinajstić information content (AvgIpc) is 2.89. The van der Waals surface area contributed by atoms with Crippen LogP contribution in [-0.2, 0) is 13.1 Å². The first-order valence-electron chi connectivity index (χ1n) is 5.60. The van der Waals surface area contributed by atoms with Crippen molar-refractivity contribution in [3.05, 3.63) is 47.3 Å². The Hall–Kier alpha value is -2.01. The minimum atomic E-state index is -1.05. The molecule has 1 N–H and O–H groups in total. The molecule has 0 unspecified atom stereocenters. The minimum Gasteiger partial charge on any atom is -0.475 e. The number of hydrogen-bond acceptors (Lipinski definition) is 4. The van der Waals surface area contributed by atoms with Gasteiger partial charge in [0.2, 0.25) is 5.76 Å². The molecule has 0 atom stereocenters. The number of carboxylic acid groups (broad SMARTS) is 1. The van der Waals surface area contributed by atoms with E-state index in [-0.39, 0.29) is 5.76 Å². The maximum absolute atomic E-state index is 10.7.